The van der Waals surface area contributed by atoms with Gasteiger partial charge in [-0.05, 0) is 55.4 Å². The number of aromatic nitrogens is 1. The summed E-state index contributed by atoms with van der Waals surface area (Å²) in [4.78, 5) is 21.6. The van der Waals surface area contributed by atoms with E-state index in [1.165, 1.54) is 18.4 Å². The Labute approximate surface area is 161 Å². The Bertz CT molecular complexity index is 787. The molecule has 2 saturated heterocycles. The van der Waals surface area contributed by atoms with Crippen LogP contribution in [0.1, 0.15) is 48.4 Å². The molecule has 5 nitrogen and oxygen atoms in total. The van der Waals surface area contributed by atoms with Crippen LogP contribution in [0.4, 0.5) is 10.6 Å². The first-order valence-corrected chi connectivity index (χ1v) is 9.91. The summed E-state index contributed by atoms with van der Waals surface area (Å²) in [5, 5.41) is 0. The number of carbonyl (C=O) groups is 1. The molecule has 27 heavy (non-hydrogen) atoms. The Morgan fingerprint density at radius 2 is 1.93 bits per heavy atom. The van der Waals surface area contributed by atoms with Crippen LogP contribution in [0.3, 0.4) is 0 Å². The van der Waals surface area contributed by atoms with Crippen molar-refractivity contribution in [2.45, 2.75) is 45.3 Å². The van der Waals surface area contributed by atoms with Crippen molar-refractivity contribution in [3.05, 3.63) is 59.3 Å². The standard InChI is InChI=1S/C22H27N3O2/c1-17-14-21(24-11-5-6-12-24)23-15-19(17)20-10-7-13-25(20)22(26)27-16-18-8-3-2-4-9-18/h2-4,8-9,14-15,20H,5-7,10-13,16H2,1H3/t20-/m0/s1. The third-order valence-electron chi connectivity index (χ3n) is 5.62. The van der Waals surface area contributed by atoms with Crippen molar-refractivity contribution < 1.29 is 9.53 Å². The molecule has 3 heterocycles. The molecule has 0 unspecified atom stereocenters. The van der Waals surface area contributed by atoms with E-state index in [0.717, 1.165) is 49.4 Å². The first-order valence-electron chi connectivity index (χ1n) is 9.91. The molecule has 2 aromatic rings. The Morgan fingerprint density at radius 3 is 2.67 bits per heavy atom. The maximum atomic E-state index is 12.7. The van der Waals surface area contributed by atoms with Crippen LogP contribution >= 0.6 is 0 Å². The van der Waals surface area contributed by atoms with Gasteiger partial charge in [-0.2, -0.15) is 0 Å². The van der Waals surface area contributed by atoms with E-state index in [9.17, 15) is 4.79 Å². The lowest BCUT2D eigenvalue weighted by Gasteiger charge is -2.26. The lowest BCUT2D eigenvalue weighted by atomic mass is 10.0. The predicted molar refractivity (Wildman–Crippen MR) is 106 cm³/mol. The van der Waals surface area contributed by atoms with Gasteiger partial charge in [-0.15, -0.1) is 0 Å². The number of pyridine rings is 1. The quantitative estimate of drug-likeness (QED) is 0.802. The molecule has 1 atom stereocenters. The molecule has 0 N–H and O–H groups in total. The van der Waals surface area contributed by atoms with E-state index < -0.39 is 0 Å². The topological polar surface area (TPSA) is 45.7 Å². The maximum Gasteiger partial charge on any atom is 0.410 e. The molecule has 2 aliphatic rings. The summed E-state index contributed by atoms with van der Waals surface area (Å²) in [6, 6.07) is 12.1. The molecule has 2 fully saturated rings. The van der Waals surface area contributed by atoms with Crippen molar-refractivity contribution in [1.29, 1.82) is 0 Å². The predicted octanol–water partition coefficient (Wildman–Crippen LogP) is 4.46. The van der Waals surface area contributed by atoms with Crippen LogP contribution in [0, 0.1) is 6.92 Å². The van der Waals surface area contributed by atoms with E-state index in [-0.39, 0.29) is 12.1 Å². The molecule has 4 rings (SSSR count). The van der Waals surface area contributed by atoms with Gasteiger partial charge in [0.05, 0.1) is 6.04 Å². The van der Waals surface area contributed by atoms with Crippen LogP contribution in [0.2, 0.25) is 0 Å². The minimum Gasteiger partial charge on any atom is -0.445 e. The van der Waals surface area contributed by atoms with Gasteiger partial charge in [-0.3, -0.25) is 0 Å². The molecular formula is C22H27N3O2. The van der Waals surface area contributed by atoms with Crippen molar-refractivity contribution >= 4 is 11.9 Å². The summed E-state index contributed by atoms with van der Waals surface area (Å²) in [6.45, 7) is 5.36. The van der Waals surface area contributed by atoms with Crippen molar-refractivity contribution in [2.75, 3.05) is 24.5 Å². The van der Waals surface area contributed by atoms with E-state index in [4.69, 9.17) is 9.72 Å². The van der Waals surface area contributed by atoms with Crippen LogP contribution in [-0.2, 0) is 11.3 Å². The highest BCUT2D eigenvalue weighted by Crippen LogP contribution is 2.35. The van der Waals surface area contributed by atoms with Crippen LogP contribution < -0.4 is 4.90 Å². The zero-order valence-electron chi connectivity index (χ0n) is 15.9. The Kier molecular flexibility index (Phi) is 5.28. The highest BCUT2D eigenvalue weighted by molar-refractivity contribution is 5.69. The summed E-state index contributed by atoms with van der Waals surface area (Å²) in [6.07, 6.45) is 6.18. The molecule has 0 aliphatic carbocycles. The number of hydrogen-bond acceptors (Lipinski definition) is 4. The molecule has 0 bridgehead atoms. The number of carbonyl (C=O) groups excluding carboxylic acids is 1. The normalized spacial score (nSPS) is 19.5. The Balaban J connectivity index is 1.45. The number of benzene rings is 1. The fourth-order valence-electron chi connectivity index (χ4n) is 4.13. The minimum atomic E-state index is -0.232. The average molecular weight is 365 g/mol. The first-order chi connectivity index (χ1) is 13.2. The lowest BCUT2D eigenvalue weighted by Crippen LogP contribution is -2.31. The summed E-state index contributed by atoms with van der Waals surface area (Å²) in [5.41, 5.74) is 3.36. The van der Waals surface area contributed by atoms with Crippen molar-refractivity contribution in [3.8, 4) is 0 Å². The van der Waals surface area contributed by atoms with E-state index in [1.54, 1.807) is 0 Å². The van der Waals surface area contributed by atoms with Gasteiger partial charge in [-0.25, -0.2) is 9.78 Å². The maximum absolute atomic E-state index is 12.7. The molecule has 1 aromatic heterocycles. The van der Waals surface area contributed by atoms with Crippen LogP contribution in [0.25, 0.3) is 0 Å². The zero-order chi connectivity index (χ0) is 18.6. The number of likely N-dealkylation sites (tertiary alicyclic amines) is 1. The highest BCUT2D eigenvalue weighted by atomic mass is 16.6. The van der Waals surface area contributed by atoms with Crippen molar-refractivity contribution in [2.24, 2.45) is 0 Å². The van der Waals surface area contributed by atoms with Gasteiger partial charge in [0.25, 0.3) is 0 Å². The SMILES string of the molecule is Cc1cc(N2CCCC2)ncc1[C@@H]1CCCN1C(=O)OCc1ccccc1. The summed E-state index contributed by atoms with van der Waals surface area (Å²) in [5.74, 6) is 1.06. The number of rotatable bonds is 4. The number of aryl methyl sites for hydroxylation is 1. The lowest BCUT2D eigenvalue weighted by molar-refractivity contribution is 0.0919. The molecule has 142 valence electrons. The molecule has 1 amide bonds. The van der Waals surface area contributed by atoms with Gasteiger partial charge in [0.15, 0.2) is 0 Å². The third-order valence-corrected chi connectivity index (χ3v) is 5.62. The number of nitrogens with zero attached hydrogens (tertiary/aromatic N) is 3. The van der Waals surface area contributed by atoms with Crippen LogP contribution in [0.5, 0.6) is 0 Å². The number of amides is 1. The number of ether oxygens (including phenoxy) is 1. The third kappa shape index (κ3) is 3.92. The highest BCUT2D eigenvalue weighted by Gasteiger charge is 2.32. The first kappa shape index (κ1) is 17.8. The Morgan fingerprint density at radius 1 is 1.15 bits per heavy atom. The van der Waals surface area contributed by atoms with Gasteiger partial charge >= 0.3 is 6.09 Å². The summed E-state index contributed by atoms with van der Waals surface area (Å²) in [7, 11) is 0. The second-order valence-electron chi connectivity index (χ2n) is 7.48. The van der Waals surface area contributed by atoms with Crippen LogP contribution in [0.15, 0.2) is 42.6 Å². The zero-order valence-corrected chi connectivity index (χ0v) is 15.9. The van der Waals surface area contributed by atoms with Crippen molar-refractivity contribution in [1.82, 2.24) is 9.88 Å². The van der Waals surface area contributed by atoms with Gasteiger partial charge < -0.3 is 14.5 Å². The van der Waals surface area contributed by atoms with Gasteiger partial charge in [0.2, 0.25) is 0 Å². The molecule has 2 aliphatic heterocycles. The van der Waals surface area contributed by atoms with Gasteiger partial charge in [0.1, 0.15) is 12.4 Å². The fraction of sp³-hybridized carbons (Fsp3) is 0.455. The van der Waals surface area contributed by atoms with E-state index in [0.29, 0.717) is 6.61 Å². The average Bonchev–Trinajstić information content (AvgIpc) is 3.39. The van der Waals surface area contributed by atoms with Gasteiger partial charge in [-0.1, -0.05) is 30.3 Å². The van der Waals surface area contributed by atoms with Gasteiger partial charge in [0, 0.05) is 25.8 Å². The monoisotopic (exact) mass is 365 g/mol. The van der Waals surface area contributed by atoms with Crippen molar-refractivity contribution in [3.63, 3.8) is 0 Å². The molecule has 1 aromatic carbocycles. The Hall–Kier alpha value is -2.56. The summed E-state index contributed by atoms with van der Waals surface area (Å²) < 4.78 is 5.57. The number of anilines is 1. The summed E-state index contributed by atoms with van der Waals surface area (Å²) >= 11 is 0. The second kappa shape index (κ2) is 7.99. The van der Waals surface area contributed by atoms with Crippen LogP contribution in [-0.4, -0.2) is 35.6 Å². The second-order valence-corrected chi connectivity index (χ2v) is 7.48. The fourth-order valence-corrected chi connectivity index (χ4v) is 4.13. The molecule has 0 spiro atoms. The van der Waals surface area contributed by atoms with E-state index in [1.807, 2.05) is 41.4 Å². The minimum absolute atomic E-state index is 0.0633. The number of hydrogen-bond donors (Lipinski definition) is 0. The largest absolute Gasteiger partial charge is 0.445 e. The smallest absolute Gasteiger partial charge is 0.410 e. The molecule has 0 saturated carbocycles. The molecule has 0 radical (unpaired) electrons. The van der Waals surface area contributed by atoms with E-state index >= 15 is 0 Å². The van der Waals surface area contributed by atoms with E-state index in [2.05, 4.69) is 17.9 Å². The molecule has 5 heteroatoms. The molecular weight excluding hydrogens is 338 g/mol.